The third kappa shape index (κ3) is 5.47. The molecule has 26 heavy (non-hydrogen) atoms. The van der Waals surface area contributed by atoms with Gasteiger partial charge in [0.1, 0.15) is 12.4 Å². The SMILES string of the molecule is Cc1ccccc1C(=O)Pc1ccc(OCc2ccccc2)cc1Cl.[H-].[Li+]. The topological polar surface area (TPSA) is 26.3 Å². The molecule has 0 radical (unpaired) electrons. The number of rotatable bonds is 6. The Balaban J connectivity index is 0.00000182. The molecule has 3 aromatic carbocycles. The van der Waals surface area contributed by atoms with E-state index in [-0.39, 0.29) is 34.4 Å². The van der Waals surface area contributed by atoms with Crippen molar-refractivity contribution in [2.75, 3.05) is 0 Å². The molecule has 0 amide bonds. The fourth-order valence-electron chi connectivity index (χ4n) is 2.45. The van der Waals surface area contributed by atoms with Gasteiger partial charge in [0.05, 0.1) is 5.02 Å². The Morgan fingerprint density at radius 1 is 1.04 bits per heavy atom. The summed E-state index contributed by atoms with van der Waals surface area (Å²) in [5, 5.41) is 1.40. The minimum Gasteiger partial charge on any atom is -1.00 e. The van der Waals surface area contributed by atoms with Crippen molar-refractivity contribution in [3.05, 3.63) is 94.5 Å². The van der Waals surface area contributed by atoms with Gasteiger partial charge in [-0.1, -0.05) is 66.2 Å². The van der Waals surface area contributed by atoms with Crippen LogP contribution in [0.5, 0.6) is 5.75 Å². The Hall–Kier alpha value is -1.55. The molecule has 0 saturated heterocycles. The van der Waals surface area contributed by atoms with E-state index >= 15 is 0 Å². The van der Waals surface area contributed by atoms with Crippen molar-refractivity contribution in [3.63, 3.8) is 0 Å². The smallest absolute Gasteiger partial charge is 1.00 e. The van der Waals surface area contributed by atoms with Crippen LogP contribution in [-0.4, -0.2) is 5.52 Å². The number of hydrogen-bond acceptors (Lipinski definition) is 2. The van der Waals surface area contributed by atoms with E-state index < -0.39 is 0 Å². The van der Waals surface area contributed by atoms with Crippen LogP contribution in [0.3, 0.4) is 0 Å². The molecule has 0 heterocycles. The maximum atomic E-state index is 12.5. The molecule has 128 valence electrons. The van der Waals surface area contributed by atoms with E-state index in [9.17, 15) is 4.79 Å². The zero-order valence-electron chi connectivity index (χ0n) is 15.8. The molecule has 0 aliphatic heterocycles. The Bertz CT molecular complexity index is 890. The minimum atomic E-state index is -0.00420. The van der Waals surface area contributed by atoms with Gasteiger partial charge in [0.15, 0.2) is 5.52 Å². The zero-order valence-corrected chi connectivity index (χ0v) is 16.6. The second-order valence-electron chi connectivity index (χ2n) is 5.68. The van der Waals surface area contributed by atoms with E-state index in [0.717, 1.165) is 22.0 Å². The second kappa shape index (κ2) is 9.96. The molecule has 5 heteroatoms. The summed E-state index contributed by atoms with van der Waals surface area (Å²) in [4.78, 5) is 12.5. The quantitative estimate of drug-likeness (QED) is 0.488. The largest absolute Gasteiger partial charge is 1.00 e. The predicted molar refractivity (Wildman–Crippen MR) is 107 cm³/mol. The van der Waals surface area contributed by atoms with Crippen LogP contribution < -0.4 is 28.9 Å². The van der Waals surface area contributed by atoms with Crippen LogP contribution in [0.15, 0.2) is 72.8 Å². The van der Waals surface area contributed by atoms with Gasteiger partial charge in [0, 0.05) is 5.56 Å². The first-order valence-electron chi connectivity index (χ1n) is 7.97. The second-order valence-corrected chi connectivity index (χ2v) is 7.33. The van der Waals surface area contributed by atoms with Gasteiger partial charge in [0.2, 0.25) is 0 Å². The van der Waals surface area contributed by atoms with E-state index in [4.69, 9.17) is 16.3 Å². The van der Waals surface area contributed by atoms with E-state index in [1.165, 1.54) is 0 Å². The van der Waals surface area contributed by atoms with Gasteiger partial charge < -0.3 is 6.16 Å². The molecule has 0 aliphatic rings. The van der Waals surface area contributed by atoms with Crippen molar-refractivity contribution in [1.29, 1.82) is 0 Å². The van der Waals surface area contributed by atoms with Gasteiger partial charge in [-0.2, -0.15) is 0 Å². The standard InChI is InChI=1S/C21H18ClO2P.Li.H/c1-15-7-5-6-10-18(15)21(23)25-20-12-11-17(13-19(20)22)24-14-16-8-3-2-4-9-16;;/h2-13,25H,14H2,1H3;;/q;+1;-1. The number of halogens is 1. The summed E-state index contributed by atoms with van der Waals surface area (Å²) in [7, 11) is -0.00420. The normalized spacial score (nSPS) is 10.5. The molecule has 3 rings (SSSR count). The number of benzene rings is 3. The Morgan fingerprint density at radius 2 is 1.73 bits per heavy atom. The number of ether oxygens (including phenoxy) is 1. The third-order valence-corrected chi connectivity index (χ3v) is 5.50. The summed E-state index contributed by atoms with van der Waals surface area (Å²) in [5.74, 6) is 0.700. The fraction of sp³-hybridized carbons (Fsp3) is 0.0952. The maximum Gasteiger partial charge on any atom is 1.00 e. The number of hydrogen-bond donors (Lipinski definition) is 0. The number of carbonyl (C=O) groups excluding carboxylic acids is 1. The molecule has 0 aromatic heterocycles. The molecule has 1 unspecified atom stereocenters. The first-order valence-corrected chi connectivity index (χ1v) is 9.34. The van der Waals surface area contributed by atoms with Crippen molar-refractivity contribution in [3.8, 4) is 5.75 Å². The van der Waals surface area contributed by atoms with Crippen LogP contribution in [0.4, 0.5) is 0 Å². The summed E-state index contributed by atoms with van der Waals surface area (Å²) in [6, 6.07) is 23.1. The van der Waals surface area contributed by atoms with Gasteiger partial charge in [-0.3, -0.25) is 4.79 Å². The Morgan fingerprint density at radius 3 is 2.42 bits per heavy atom. The molecular formula is C21H19ClLiO2P. The van der Waals surface area contributed by atoms with Gasteiger partial charge in [0.25, 0.3) is 0 Å². The van der Waals surface area contributed by atoms with E-state index in [2.05, 4.69) is 0 Å². The predicted octanol–water partition coefficient (Wildman–Crippen LogP) is 2.49. The Kier molecular flexibility index (Phi) is 7.95. The van der Waals surface area contributed by atoms with Gasteiger partial charge in [-0.15, -0.1) is 0 Å². The van der Waals surface area contributed by atoms with Crippen LogP contribution in [-0.2, 0) is 6.61 Å². The maximum absolute atomic E-state index is 12.5. The van der Waals surface area contributed by atoms with Gasteiger partial charge >= 0.3 is 18.9 Å². The number of carbonyl (C=O) groups is 1. The van der Waals surface area contributed by atoms with Crippen molar-refractivity contribution in [2.45, 2.75) is 13.5 Å². The average molecular weight is 377 g/mol. The molecule has 3 aromatic rings. The molecule has 0 bridgehead atoms. The summed E-state index contributed by atoms with van der Waals surface area (Å²) in [6.45, 7) is 2.43. The van der Waals surface area contributed by atoms with Crippen molar-refractivity contribution in [1.82, 2.24) is 0 Å². The van der Waals surface area contributed by atoms with Crippen LogP contribution in [0.25, 0.3) is 0 Å². The molecule has 0 fully saturated rings. The van der Waals surface area contributed by atoms with Crippen LogP contribution in [0.2, 0.25) is 5.02 Å². The van der Waals surface area contributed by atoms with Crippen molar-refractivity contribution < 1.29 is 29.8 Å². The monoisotopic (exact) mass is 376 g/mol. The summed E-state index contributed by atoms with van der Waals surface area (Å²) in [6.07, 6.45) is 0. The summed E-state index contributed by atoms with van der Waals surface area (Å²) >= 11 is 6.36. The first-order chi connectivity index (χ1) is 12.1. The summed E-state index contributed by atoms with van der Waals surface area (Å²) in [5.41, 5.74) is 2.93. The average Bonchev–Trinajstić information content (AvgIpc) is 2.63. The van der Waals surface area contributed by atoms with Gasteiger partial charge in [-0.25, -0.2) is 0 Å². The molecule has 1 atom stereocenters. The van der Waals surface area contributed by atoms with Gasteiger partial charge in [-0.05, 0) is 50.1 Å². The molecule has 0 spiro atoms. The summed E-state index contributed by atoms with van der Waals surface area (Å²) < 4.78 is 5.77. The minimum absolute atomic E-state index is 0. The Labute approximate surface area is 174 Å². The molecule has 0 N–H and O–H groups in total. The molecular weight excluding hydrogens is 358 g/mol. The number of aryl methyl sites for hydroxylation is 1. The van der Waals surface area contributed by atoms with Crippen LogP contribution in [0.1, 0.15) is 22.9 Å². The molecule has 2 nitrogen and oxygen atoms in total. The van der Waals surface area contributed by atoms with Crippen molar-refractivity contribution in [2.24, 2.45) is 0 Å². The van der Waals surface area contributed by atoms with Crippen LogP contribution >= 0.6 is 20.2 Å². The van der Waals surface area contributed by atoms with E-state index in [1.807, 2.05) is 73.7 Å². The third-order valence-electron chi connectivity index (χ3n) is 3.83. The van der Waals surface area contributed by atoms with Crippen LogP contribution in [0, 0.1) is 6.92 Å². The van der Waals surface area contributed by atoms with E-state index in [0.29, 0.717) is 17.4 Å². The fourth-order valence-corrected chi connectivity index (χ4v) is 3.78. The van der Waals surface area contributed by atoms with E-state index in [1.54, 1.807) is 6.07 Å². The molecule has 0 saturated carbocycles. The van der Waals surface area contributed by atoms with Crippen molar-refractivity contribution >= 4 is 31.0 Å². The zero-order chi connectivity index (χ0) is 17.6. The first kappa shape index (κ1) is 20.8. The molecule has 0 aliphatic carbocycles.